The van der Waals surface area contributed by atoms with Gasteiger partial charge >= 0.3 is 0 Å². The average Bonchev–Trinajstić information content (AvgIpc) is 3.42. The topological polar surface area (TPSA) is 93.2 Å². The van der Waals surface area contributed by atoms with E-state index in [0.717, 1.165) is 37.7 Å². The molecule has 1 aromatic carbocycles. The summed E-state index contributed by atoms with van der Waals surface area (Å²) in [4.78, 5) is 16.5. The van der Waals surface area contributed by atoms with Gasteiger partial charge in [0.1, 0.15) is 0 Å². The maximum atomic E-state index is 10.9. The van der Waals surface area contributed by atoms with E-state index in [1.807, 2.05) is 22.9 Å². The number of rotatable bonds is 7. The first-order chi connectivity index (χ1) is 14.5. The molecule has 1 fully saturated rings. The van der Waals surface area contributed by atoms with E-state index in [1.54, 1.807) is 23.5 Å². The molecule has 3 heterocycles. The summed E-state index contributed by atoms with van der Waals surface area (Å²) in [5.74, 6) is 1.27. The minimum absolute atomic E-state index is 0.120. The third-order valence-corrected chi connectivity index (χ3v) is 6.34. The Kier molecular flexibility index (Phi) is 6.05. The molecular weight excluding hydrogens is 402 g/mol. The third-order valence-electron chi connectivity index (χ3n) is 5.47. The maximum absolute atomic E-state index is 10.9. The van der Waals surface area contributed by atoms with E-state index in [1.165, 1.54) is 4.88 Å². The van der Waals surface area contributed by atoms with Gasteiger partial charge in [-0.05, 0) is 39.9 Å². The van der Waals surface area contributed by atoms with Crippen molar-refractivity contribution in [3.8, 4) is 0 Å². The van der Waals surface area contributed by atoms with Gasteiger partial charge < -0.3 is 4.90 Å². The molecule has 0 bridgehead atoms. The molecule has 158 valence electrons. The largest absolute Gasteiger partial charge is 0.369 e. The SMILES string of the molecule is CC(C)[C@@H](c1nnnn1Cc1cccs1)N1CCN(c2ccc([N+](=O)[O-])cc2)CC1. The van der Waals surface area contributed by atoms with Crippen molar-refractivity contribution in [1.29, 1.82) is 0 Å². The fourth-order valence-corrected chi connectivity index (χ4v) is 4.70. The zero-order chi connectivity index (χ0) is 21.1. The van der Waals surface area contributed by atoms with E-state index < -0.39 is 0 Å². The number of benzene rings is 1. The highest BCUT2D eigenvalue weighted by Crippen LogP contribution is 2.29. The van der Waals surface area contributed by atoms with Gasteiger partial charge in [0, 0.05) is 48.9 Å². The summed E-state index contributed by atoms with van der Waals surface area (Å²) in [6.45, 7) is 8.57. The molecule has 0 saturated carbocycles. The Morgan fingerprint density at radius 1 is 1.13 bits per heavy atom. The van der Waals surface area contributed by atoms with Crippen LogP contribution in [0, 0.1) is 16.0 Å². The number of anilines is 1. The van der Waals surface area contributed by atoms with Crippen molar-refractivity contribution in [2.24, 2.45) is 5.92 Å². The molecule has 1 aliphatic rings. The van der Waals surface area contributed by atoms with Crippen LogP contribution < -0.4 is 4.90 Å². The van der Waals surface area contributed by atoms with Crippen LogP contribution in [0.4, 0.5) is 11.4 Å². The molecule has 0 N–H and O–H groups in total. The van der Waals surface area contributed by atoms with Crippen molar-refractivity contribution in [2.45, 2.75) is 26.4 Å². The second kappa shape index (κ2) is 8.88. The van der Waals surface area contributed by atoms with Gasteiger partial charge in [-0.2, -0.15) is 0 Å². The summed E-state index contributed by atoms with van der Waals surface area (Å²) < 4.78 is 1.92. The van der Waals surface area contributed by atoms with Crippen LogP contribution in [0.3, 0.4) is 0 Å². The number of aromatic nitrogens is 4. The first-order valence-electron chi connectivity index (χ1n) is 10.0. The summed E-state index contributed by atoms with van der Waals surface area (Å²) in [7, 11) is 0. The molecule has 1 saturated heterocycles. The second-order valence-electron chi connectivity index (χ2n) is 7.76. The maximum Gasteiger partial charge on any atom is 0.269 e. The number of tetrazole rings is 1. The summed E-state index contributed by atoms with van der Waals surface area (Å²) in [6, 6.07) is 11.1. The van der Waals surface area contributed by atoms with Gasteiger partial charge in [-0.25, -0.2) is 4.68 Å². The molecule has 1 atom stereocenters. The van der Waals surface area contributed by atoms with Crippen molar-refractivity contribution in [2.75, 3.05) is 31.1 Å². The Morgan fingerprint density at radius 2 is 1.87 bits per heavy atom. The summed E-state index contributed by atoms with van der Waals surface area (Å²) in [5, 5.41) is 25.5. The van der Waals surface area contributed by atoms with Crippen LogP contribution in [0.1, 0.15) is 30.6 Å². The Morgan fingerprint density at radius 3 is 2.47 bits per heavy atom. The predicted molar refractivity (Wildman–Crippen MR) is 116 cm³/mol. The average molecular weight is 428 g/mol. The number of non-ortho nitro benzene ring substituents is 1. The normalized spacial score (nSPS) is 16.2. The van der Waals surface area contributed by atoms with Crippen LogP contribution in [-0.2, 0) is 6.54 Å². The summed E-state index contributed by atoms with van der Waals surface area (Å²) >= 11 is 1.71. The van der Waals surface area contributed by atoms with E-state index in [0.29, 0.717) is 12.5 Å². The lowest BCUT2D eigenvalue weighted by molar-refractivity contribution is -0.384. The van der Waals surface area contributed by atoms with Gasteiger partial charge in [0.15, 0.2) is 5.82 Å². The van der Waals surface area contributed by atoms with Gasteiger partial charge in [0.25, 0.3) is 5.69 Å². The molecule has 0 radical (unpaired) electrons. The van der Waals surface area contributed by atoms with Crippen molar-refractivity contribution in [3.63, 3.8) is 0 Å². The molecule has 3 aromatic rings. The monoisotopic (exact) mass is 427 g/mol. The molecule has 4 rings (SSSR count). The number of thiophene rings is 1. The van der Waals surface area contributed by atoms with Crippen LogP contribution in [0.25, 0.3) is 0 Å². The molecule has 0 spiro atoms. The van der Waals surface area contributed by atoms with Crippen LogP contribution in [0.15, 0.2) is 41.8 Å². The standard InChI is InChI=1S/C20H25N7O2S/c1-15(2)19(20-21-22-23-26(20)14-18-4-3-13-30-18)25-11-9-24(10-12-25)16-5-7-17(8-6-16)27(28)29/h3-8,13,15,19H,9-12,14H2,1-2H3/t19-/m0/s1. The quantitative estimate of drug-likeness (QED) is 0.422. The van der Waals surface area contributed by atoms with Crippen LogP contribution in [0.2, 0.25) is 0 Å². The summed E-state index contributed by atoms with van der Waals surface area (Å²) in [5.41, 5.74) is 1.14. The van der Waals surface area contributed by atoms with E-state index in [2.05, 4.69) is 50.6 Å². The minimum Gasteiger partial charge on any atom is -0.369 e. The molecule has 0 amide bonds. The Bertz CT molecular complexity index is 963. The van der Waals surface area contributed by atoms with Gasteiger partial charge in [-0.1, -0.05) is 19.9 Å². The molecular formula is C20H25N7O2S. The van der Waals surface area contributed by atoms with Gasteiger partial charge in [-0.15, -0.1) is 16.4 Å². The lowest BCUT2D eigenvalue weighted by atomic mass is 10.0. The van der Waals surface area contributed by atoms with Crippen molar-refractivity contribution in [3.05, 3.63) is 62.6 Å². The molecule has 0 aliphatic carbocycles. The van der Waals surface area contributed by atoms with Crippen molar-refractivity contribution in [1.82, 2.24) is 25.1 Å². The highest BCUT2D eigenvalue weighted by atomic mass is 32.1. The van der Waals surface area contributed by atoms with Crippen molar-refractivity contribution >= 4 is 22.7 Å². The highest BCUT2D eigenvalue weighted by Gasteiger charge is 2.31. The number of piperazine rings is 1. The lowest BCUT2D eigenvalue weighted by Crippen LogP contribution is -2.49. The fourth-order valence-electron chi connectivity index (χ4n) is 4.01. The van der Waals surface area contributed by atoms with Crippen LogP contribution in [-0.4, -0.2) is 56.2 Å². The molecule has 9 nitrogen and oxygen atoms in total. The Balaban J connectivity index is 1.46. The molecule has 2 aromatic heterocycles. The smallest absolute Gasteiger partial charge is 0.269 e. The number of hydrogen-bond donors (Lipinski definition) is 0. The van der Waals surface area contributed by atoms with E-state index in [9.17, 15) is 10.1 Å². The van der Waals surface area contributed by atoms with Crippen LogP contribution in [0.5, 0.6) is 0 Å². The van der Waals surface area contributed by atoms with Gasteiger partial charge in [0.05, 0.1) is 17.5 Å². The molecule has 0 unspecified atom stereocenters. The summed E-state index contributed by atoms with van der Waals surface area (Å²) in [6.07, 6.45) is 0. The minimum atomic E-state index is -0.366. The first kappa shape index (κ1) is 20.4. The first-order valence-corrected chi connectivity index (χ1v) is 10.9. The lowest BCUT2D eigenvalue weighted by Gasteiger charge is -2.41. The number of nitro groups is 1. The van der Waals surface area contributed by atoms with Crippen molar-refractivity contribution < 1.29 is 4.92 Å². The Hall–Kier alpha value is -2.85. The zero-order valence-corrected chi connectivity index (χ0v) is 17.9. The molecule has 30 heavy (non-hydrogen) atoms. The van der Waals surface area contributed by atoms with E-state index >= 15 is 0 Å². The molecule has 10 heteroatoms. The number of nitrogens with zero attached hydrogens (tertiary/aromatic N) is 7. The zero-order valence-electron chi connectivity index (χ0n) is 17.1. The van der Waals surface area contributed by atoms with Crippen LogP contribution >= 0.6 is 11.3 Å². The predicted octanol–water partition coefficient (Wildman–Crippen LogP) is 3.21. The van der Waals surface area contributed by atoms with Gasteiger partial charge in [-0.3, -0.25) is 15.0 Å². The molecule has 1 aliphatic heterocycles. The van der Waals surface area contributed by atoms with E-state index in [-0.39, 0.29) is 16.7 Å². The van der Waals surface area contributed by atoms with E-state index in [4.69, 9.17) is 0 Å². The highest BCUT2D eigenvalue weighted by molar-refractivity contribution is 7.09. The second-order valence-corrected chi connectivity index (χ2v) is 8.79. The number of nitro benzene ring substituents is 1. The third kappa shape index (κ3) is 4.34. The Labute approximate surface area is 179 Å². The number of hydrogen-bond acceptors (Lipinski definition) is 8. The fraction of sp³-hybridized carbons (Fsp3) is 0.450. The van der Waals surface area contributed by atoms with Gasteiger partial charge in [0.2, 0.25) is 0 Å².